The van der Waals surface area contributed by atoms with Crippen LogP contribution in [-0.4, -0.2) is 22.1 Å². The number of nitrogens with zero attached hydrogens (tertiary/aromatic N) is 2. The van der Waals surface area contributed by atoms with Crippen molar-refractivity contribution in [3.63, 3.8) is 0 Å². The maximum atomic E-state index is 5.97. The van der Waals surface area contributed by atoms with Crippen molar-refractivity contribution in [2.75, 3.05) is 11.9 Å². The second kappa shape index (κ2) is 4.49. The molecule has 0 atom stereocenters. The van der Waals surface area contributed by atoms with Gasteiger partial charge in [-0.2, -0.15) is 10.2 Å². The molecule has 0 aliphatic heterocycles. The molecule has 2 aromatic rings. The molecule has 0 amide bonds. The van der Waals surface area contributed by atoms with Crippen LogP contribution >= 0.6 is 11.6 Å². The summed E-state index contributed by atoms with van der Waals surface area (Å²) in [6, 6.07) is 8.04. The van der Waals surface area contributed by atoms with Crippen molar-refractivity contribution < 1.29 is 0 Å². The fourth-order valence-corrected chi connectivity index (χ4v) is 2.73. The van der Waals surface area contributed by atoms with Crippen LogP contribution in [-0.2, 0) is 0 Å². The first kappa shape index (κ1) is 10.8. The van der Waals surface area contributed by atoms with Crippen molar-refractivity contribution in [1.82, 2.24) is 10.2 Å². The van der Waals surface area contributed by atoms with E-state index >= 15 is 0 Å². The van der Waals surface area contributed by atoms with Crippen LogP contribution in [0, 0.1) is 5.92 Å². The second-order valence-corrected chi connectivity index (χ2v) is 5.21. The first-order valence-corrected chi connectivity index (χ1v) is 6.35. The molecule has 0 spiro atoms. The van der Waals surface area contributed by atoms with Gasteiger partial charge in [-0.1, -0.05) is 18.2 Å². The van der Waals surface area contributed by atoms with Crippen molar-refractivity contribution in [1.29, 1.82) is 0 Å². The van der Waals surface area contributed by atoms with Gasteiger partial charge in [0.05, 0.1) is 17.4 Å². The molecule has 0 radical (unpaired) electrons. The largest absolute Gasteiger partial charge is 0.383 e. The highest BCUT2D eigenvalue weighted by Gasteiger charge is 2.26. The fourth-order valence-electron chi connectivity index (χ4n) is 2.22. The molecule has 1 N–H and O–H groups in total. The SMILES string of the molecule is ClC1CC(CNc2cnnc3ccccc23)C1. The molecule has 1 aromatic heterocycles. The lowest BCUT2D eigenvalue weighted by Gasteiger charge is -2.31. The number of nitrogens with one attached hydrogen (secondary N) is 1. The summed E-state index contributed by atoms with van der Waals surface area (Å²) in [5, 5.41) is 13.1. The van der Waals surface area contributed by atoms with E-state index in [1.807, 2.05) is 18.2 Å². The number of benzene rings is 1. The monoisotopic (exact) mass is 247 g/mol. The van der Waals surface area contributed by atoms with E-state index in [9.17, 15) is 0 Å². The molecular weight excluding hydrogens is 234 g/mol. The van der Waals surface area contributed by atoms with Gasteiger partial charge in [-0.25, -0.2) is 0 Å². The van der Waals surface area contributed by atoms with Crippen molar-refractivity contribution >= 4 is 28.2 Å². The molecular formula is C13H14ClN3. The third-order valence-electron chi connectivity index (χ3n) is 3.31. The van der Waals surface area contributed by atoms with Gasteiger partial charge in [0.1, 0.15) is 0 Å². The molecule has 1 aliphatic carbocycles. The Morgan fingerprint density at radius 1 is 1.29 bits per heavy atom. The predicted molar refractivity (Wildman–Crippen MR) is 70.4 cm³/mol. The Bertz CT molecular complexity index is 518. The van der Waals surface area contributed by atoms with Gasteiger partial charge in [0.15, 0.2) is 0 Å². The normalized spacial score (nSPS) is 23.4. The Hall–Kier alpha value is -1.35. The van der Waals surface area contributed by atoms with Crippen LogP contribution < -0.4 is 5.32 Å². The Kier molecular flexibility index (Phi) is 2.85. The van der Waals surface area contributed by atoms with Crippen molar-refractivity contribution in [2.45, 2.75) is 18.2 Å². The van der Waals surface area contributed by atoms with E-state index in [0.717, 1.165) is 36.0 Å². The Labute approximate surface area is 105 Å². The summed E-state index contributed by atoms with van der Waals surface area (Å²) in [5.74, 6) is 0.699. The minimum absolute atomic E-state index is 0.383. The lowest BCUT2D eigenvalue weighted by atomic mass is 9.85. The number of hydrogen-bond donors (Lipinski definition) is 1. The molecule has 4 heteroatoms. The topological polar surface area (TPSA) is 37.8 Å². The smallest absolute Gasteiger partial charge is 0.0950 e. The molecule has 0 saturated heterocycles. The van der Waals surface area contributed by atoms with Crippen LogP contribution in [0.4, 0.5) is 5.69 Å². The summed E-state index contributed by atoms with van der Waals surface area (Å²) >= 11 is 5.97. The van der Waals surface area contributed by atoms with Gasteiger partial charge in [-0.05, 0) is 24.8 Å². The highest BCUT2D eigenvalue weighted by molar-refractivity contribution is 6.21. The zero-order valence-corrected chi connectivity index (χ0v) is 10.2. The number of hydrogen-bond acceptors (Lipinski definition) is 3. The quantitative estimate of drug-likeness (QED) is 0.848. The van der Waals surface area contributed by atoms with E-state index in [2.05, 4.69) is 21.6 Å². The van der Waals surface area contributed by atoms with Gasteiger partial charge in [0.2, 0.25) is 0 Å². The third kappa shape index (κ3) is 2.20. The lowest BCUT2D eigenvalue weighted by Crippen LogP contribution is -2.29. The number of anilines is 1. The summed E-state index contributed by atoms with van der Waals surface area (Å²) in [6.07, 6.45) is 4.02. The third-order valence-corrected chi connectivity index (χ3v) is 3.66. The molecule has 88 valence electrons. The van der Waals surface area contributed by atoms with E-state index in [-0.39, 0.29) is 0 Å². The number of rotatable bonds is 3. The van der Waals surface area contributed by atoms with Gasteiger partial charge >= 0.3 is 0 Å². The molecule has 0 bridgehead atoms. The minimum atomic E-state index is 0.383. The first-order valence-electron chi connectivity index (χ1n) is 5.91. The van der Waals surface area contributed by atoms with E-state index in [1.54, 1.807) is 6.20 Å². The fraction of sp³-hybridized carbons (Fsp3) is 0.385. The van der Waals surface area contributed by atoms with Gasteiger partial charge in [-0.15, -0.1) is 11.6 Å². The van der Waals surface area contributed by atoms with Crippen molar-refractivity contribution in [3.05, 3.63) is 30.5 Å². The number of halogens is 1. The van der Waals surface area contributed by atoms with Crippen LogP contribution in [0.15, 0.2) is 30.5 Å². The minimum Gasteiger partial charge on any atom is -0.383 e. The number of fused-ring (bicyclic) bond motifs is 1. The number of alkyl halides is 1. The van der Waals surface area contributed by atoms with E-state index in [4.69, 9.17) is 11.6 Å². The molecule has 1 aromatic carbocycles. The average Bonchev–Trinajstić information content (AvgIpc) is 2.33. The van der Waals surface area contributed by atoms with Gasteiger partial charge < -0.3 is 5.32 Å². The predicted octanol–water partition coefficient (Wildman–Crippen LogP) is 3.06. The average molecular weight is 248 g/mol. The summed E-state index contributed by atoms with van der Waals surface area (Å²) < 4.78 is 0. The Morgan fingerprint density at radius 3 is 2.94 bits per heavy atom. The first-order chi connectivity index (χ1) is 8.33. The zero-order chi connectivity index (χ0) is 11.7. The van der Waals surface area contributed by atoms with Crippen LogP contribution in [0.1, 0.15) is 12.8 Å². The van der Waals surface area contributed by atoms with E-state index in [1.165, 1.54) is 0 Å². The van der Waals surface area contributed by atoms with E-state index < -0.39 is 0 Å². The highest BCUT2D eigenvalue weighted by atomic mass is 35.5. The molecule has 1 heterocycles. The molecule has 1 aliphatic rings. The van der Waals surface area contributed by atoms with Crippen LogP contribution in [0.25, 0.3) is 10.9 Å². The van der Waals surface area contributed by atoms with E-state index in [0.29, 0.717) is 11.3 Å². The molecule has 0 unspecified atom stereocenters. The zero-order valence-electron chi connectivity index (χ0n) is 9.44. The maximum absolute atomic E-state index is 5.97. The summed E-state index contributed by atoms with van der Waals surface area (Å²) in [7, 11) is 0. The molecule has 1 saturated carbocycles. The second-order valence-electron chi connectivity index (χ2n) is 4.59. The summed E-state index contributed by atoms with van der Waals surface area (Å²) in [4.78, 5) is 0. The molecule has 3 nitrogen and oxygen atoms in total. The molecule has 3 rings (SSSR count). The lowest BCUT2D eigenvalue weighted by molar-refractivity contribution is 0.341. The Balaban J connectivity index is 1.76. The Morgan fingerprint density at radius 2 is 2.12 bits per heavy atom. The van der Waals surface area contributed by atoms with Crippen molar-refractivity contribution in [3.8, 4) is 0 Å². The molecule has 1 fully saturated rings. The van der Waals surface area contributed by atoms with Crippen LogP contribution in [0.3, 0.4) is 0 Å². The maximum Gasteiger partial charge on any atom is 0.0950 e. The standard InChI is InChI=1S/C13H14ClN3/c14-10-5-9(6-10)7-15-13-8-16-17-12-4-2-1-3-11(12)13/h1-4,8-10H,5-7H2,(H,15,17). The van der Waals surface area contributed by atoms with Gasteiger partial charge in [0, 0.05) is 17.3 Å². The van der Waals surface area contributed by atoms with Crippen LogP contribution in [0.5, 0.6) is 0 Å². The highest BCUT2D eigenvalue weighted by Crippen LogP contribution is 2.32. The summed E-state index contributed by atoms with van der Waals surface area (Å²) in [5.41, 5.74) is 2.00. The number of aromatic nitrogens is 2. The van der Waals surface area contributed by atoms with Gasteiger partial charge in [0.25, 0.3) is 0 Å². The molecule has 17 heavy (non-hydrogen) atoms. The van der Waals surface area contributed by atoms with Gasteiger partial charge in [-0.3, -0.25) is 0 Å². The van der Waals surface area contributed by atoms with Crippen molar-refractivity contribution in [2.24, 2.45) is 5.92 Å². The van der Waals surface area contributed by atoms with Crippen LogP contribution in [0.2, 0.25) is 0 Å². The summed E-state index contributed by atoms with van der Waals surface area (Å²) in [6.45, 7) is 0.971.